The van der Waals surface area contributed by atoms with Gasteiger partial charge in [-0.15, -0.1) is 0 Å². The first kappa shape index (κ1) is 32.7. The number of amides is 4. The highest BCUT2D eigenvalue weighted by Gasteiger charge is 2.37. The normalized spacial score (nSPS) is 13.9. The van der Waals surface area contributed by atoms with Crippen LogP contribution in [0.5, 0.6) is 17.2 Å². The van der Waals surface area contributed by atoms with Crippen LogP contribution < -0.4 is 24.4 Å². The molecule has 1 saturated heterocycles. The Labute approximate surface area is 285 Å². The predicted molar refractivity (Wildman–Crippen MR) is 179 cm³/mol. The van der Waals surface area contributed by atoms with Gasteiger partial charge >= 0.3 is 6.03 Å². The monoisotopic (exact) mass is 773 g/mol. The van der Waals surface area contributed by atoms with E-state index in [1.54, 1.807) is 54.6 Å². The van der Waals surface area contributed by atoms with Gasteiger partial charge in [0.15, 0.2) is 11.5 Å². The number of rotatable bonds is 10. The minimum absolute atomic E-state index is 0.0307. The molecular weight excluding hydrogens is 752 g/mol. The Bertz CT molecular complexity index is 1880. The standard InChI is InChI=1S/C32H22Cl2IN3O8/c1-44-28-14-19(13-27(35)29(28)46-16-18-2-6-23(7-3-18)38(42)43)12-25-30(39)36-32(41)37(31(25)40)22-8-10-24(11-9-22)45-17-20-4-5-21(33)15-26(20)34/h2-15H,16-17H2,1H3,(H,36,39,41)/b25-12+. The number of methoxy groups -OCH3 is 1. The Morgan fingerprint density at radius 1 is 0.935 bits per heavy atom. The average Bonchev–Trinajstić information content (AvgIpc) is 3.02. The van der Waals surface area contributed by atoms with Gasteiger partial charge in [-0.1, -0.05) is 29.3 Å². The summed E-state index contributed by atoms with van der Waals surface area (Å²) in [5.74, 6) is -0.474. The number of barbiturate groups is 1. The second-order valence-corrected chi connectivity index (χ2v) is 11.7. The molecule has 0 atom stereocenters. The van der Waals surface area contributed by atoms with Crippen molar-refractivity contribution in [3.05, 3.63) is 125 Å². The van der Waals surface area contributed by atoms with Gasteiger partial charge in [0.1, 0.15) is 24.5 Å². The lowest BCUT2D eigenvalue weighted by atomic mass is 10.1. The number of benzene rings is 4. The fourth-order valence-corrected chi connectivity index (χ4v) is 5.63. The number of carbonyl (C=O) groups excluding carboxylic acids is 3. The number of non-ortho nitro benzene ring substituents is 1. The van der Waals surface area contributed by atoms with Crippen LogP contribution in [0.15, 0.2) is 84.4 Å². The Morgan fingerprint density at radius 3 is 2.30 bits per heavy atom. The molecule has 4 amide bonds. The smallest absolute Gasteiger partial charge is 0.335 e. The van der Waals surface area contributed by atoms with Gasteiger partial charge < -0.3 is 14.2 Å². The molecule has 234 valence electrons. The zero-order valence-electron chi connectivity index (χ0n) is 23.8. The summed E-state index contributed by atoms with van der Waals surface area (Å²) < 4.78 is 17.8. The van der Waals surface area contributed by atoms with Crippen LogP contribution in [0.2, 0.25) is 10.0 Å². The number of nitro benzene ring substituents is 1. The maximum atomic E-state index is 13.5. The first-order chi connectivity index (χ1) is 22.0. The summed E-state index contributed by atoms with van der Waals surface area (Å²) in [5, 5.41) is 14.1. The number of nitrogens with zero attached hydrogens (tertiary/aromatic N) is 2. The van der Waals surface area contributed by atoms with Gasteiger partial charge in [0.05, 0.1) is 21.3 Å². The van der Waals surface area contributed by atoms with Crippen LogP contribution in [0.4, 0.5) is 16.2 Å². The van der Waals surface area contributed by atoms with Gasteiger partial charge in [-0.05, 0) is 100 Å². The van der Waals surface area contributed by atoms with Gasteiger partial charge in [0.25, 0.3) is 17.5 Å². The van der Waals surface area contributed by atoms with Crippen molar-refractivity contribution in [3.63, 3.8) is 0 Å². The van der Waals surface area contributed by atoms with E-state index >= 15 is 0 Å². The zero-order valence-corrected chi connectivity index (χ0v) is 27.5. The molecule has 0 aliphatic carbocycles. The van der Waals surface area contributed by atoms with E-state index in [0.29, 0.717) is 42.0 Å². The van der Waals surface area contributed by atoms with Crippen LogP contribution in [0, 0.1) is 13.7 Å². The Kier molecular flexibility index (Phi) is 10.1. The number of halogens is 3. The number of nitro groups is 1. The van der Waals surface area contributed by atoms with Gasteiger partial charge in [0, 0.05) is 27.7 Å². The molecule has 4 aromatic carbocycles. The lowest BCUT2D eigenvalue weighted by Crippen LogP contribution is -2.54. The minimum atomic E-state index is -0.893. The van der Waals surface area contributed by atoms with Crippen molar-refractivity contribution in [1.29, 1.82) is 0 Å². The molecule has 46 heavy (non-hydrogen) atoms. The maximum absolute atomic E-state index is 13.5. The largest absolute Gasteiger partial charge is 0.493 e. The second-order valence-electron chi connectivity index (χ2n) is 9.72. The second kappa shape index (κ2) is 14.2. The Morgan fingerprint density at radius 2 is 1.65 bits per heavy atom. The molecule has 14 heteroatoms. The highest BCUT2D eigenvalue weighted by atomic mass is 127. The van der Waals surface area contributed by atoms with Crippen LogP contribution in [-0.4, -0.2) is 29.9 Å². The van der Waals surface area contributed by atoms with E-state index in [-0.39, 0.29) is 30.2 Å². The van der Waals surface area contributed by atoms with Crippen LogP contribution >= 0.6 is 45.8 Å². The number of ether oxygens (including phenoxy) is 3. The fraction of sp³-hybridized carbons (Fsp3) is 0.0938. The number of anilines is 1. The molecule has 1 aliphatic heterocycles. The molecule has 0 radical (unpaired) electrons. The molecule has 5 rings (SSSR count). The highest BCUT2D eigenvalue weighted by molar-refractivity contribution is 14.1. The van der Waals surface area contributed by atoms with E-state index in [0.717, 1.165) is 10.5 Å². The number of carbonyl (C=O) groups is 3. The predicted octanol–water partition coefficient (Wildman–Crippen LogP) is 7.34. The molecule has 1 aliphatic rings. The van der Waals surface area contributed by atoms with Crippen molar-refractivity contribution in [1.82, 2.24) is 5.32 Å². The molecule has 1 fully saturated rings. The molecule has 0 saturated carbocycles. The quantitative estimate of drug-likeness (QED) is 0.0582. The van der Waals surface area contributed by atoms with Crippen molar-refractivity contribution < 1.29 is 33.5 Å². The van der Waals surface area contributed by atoms with Gasteiger partial charge in [-0.25, -0.2) is 9.69 Å². The third-order valence-corrected chi connectivity index (χ3v) is 8.09. The first-order valence-electron chi connectivity index (χ1n) is 13.4. The number of imide groups is 2. The van der Waals surface area contributed by atoms with E-state index in [2.05, 4.69) is 5.32 Å². The molecule has 1 N–H and O–H groups in total. The van der Waals surface area contributed by atoms with Gasteiger partial charge in [0.2, 0.25) is 0 Å². The summed E-state index contributed by atoms with van der Waals surface area (Å²) in [6, 6.07) is 19.6. The molecule has 1 heterocycles. The molecule has 0 aromatic heterocycles. The summed E-state index contributed by atoms with van der Waals surface area (Å²) >= 11 is 14.2. The number of urea groups is 1. The summed E-state index contributed by atoms with van der Waals surface area (Å²) in [7, 11) is 1.44. The number of hydrogen-bond acceptors (Lipinski definition) is 8. The first-order valence-corrected chi connectivity index (χ1v) is 15.2. The van der Waals surface area contributed by atoms with Gasteiger partial charge in [-0.3, -0.25) is 25.0 Å². The van der Waals surface area contributed by atoms with Gasteiger partial charge in [-0.2, -0.15) is 0 Å². The van der Waals surface area contributed by atoms with Crippen molar-refractivity contribution in [3.8, 4) is 17.2 Å². The lowest BCUT2D eigenvalue weighted by Gasteiger charge is -2.26. The minimum Gasteiger partial charge on any atom is -0.493 e. The molecule has 0 bridgehead atoms. The number of nitrogens with one attached hydrogen (secondary N) is 1. The summed E-state index contributed by atoms with van der Waals surface area (Å²) in [5.41, 5.74) is 1.80. The Balaban J connectivity index is 1.32. The lowest BCUT2D eigenvalue weighted by molar-refractivity contribution is -0.384. The Hall–Kier alpha value is -4.66. The molecule has 4 aromatic rings. The molecular formula is C32H22Cl2IN3O8. The van der Waals surface area contributed by atoms with Crippen LogP contribution in [-0.2, 0) is 22.8 Å². The average molecular weight is 774 g/mol. The van der Waals surface area contributed by atoms with E-state index in [9.17, 15) is 24.5 Å². The van der Waals surface area contributed by atoms with Crippen molar-refractivity contribution in [2.75, 3.05) is 12.0 Å². The van der Waals surface area contributed by atoms with Crippen molar-refractivity contribution in [2.45, 2.75) is 13.2 Å². The highest BCUT2D eigenvalue weighted by Crippen LogP contribution is 2.36. The van der Waals surface area contributed by atoms with E-state index in [1.807, 2.05) is 22.6 Å². The van der Waals surface area contributed by atoms with Crippen LogP contribution in [0.25, 0.3) is 6.08 Å². The number of hydrogen-bond donors (Lipinski definition) is 1. The van der Waals surface area contributed by atoms with Crippen LogP contribution in [0.3, 0.4) is 0 Å². The molecule has 11 nitrogen and oxygen atoms in total. The van der Waals surface area contributed by atoms with E-state index in [4.69, 9.17) is 37.4 Å². The van der Waals surface area contributed by atoms with E-state index in [1.165, 1.54) is 37.5 Å². The van der Waals surface area contributed by atoms with Crippen molar-refractivity contribution in [2.24, 2.45) is 0 Å². The topological polar surface area (TPSA) is 137 Å². The SMILES string of the molecule is COc1cc(/C=C2\C(=O)NC(=O)N(c3ccc(OCc4ccc(Cl)cc4Cl)cc3)C2=O)cc(I)c1OCc1ccc([N+](=O)[O-])cc1. The van der Waals surface area contributed by atoms with Crippen LogP contribution in [0.1, 0.15) is 16.7 Å². The van der Waals surface area contributed by atoms with E-state index < -0.39 is 22.8 Å². The third-order valence-electron chi connectivity index (χ3n) is 6.70. The van der Waals surface area contributed by atoms with Crippen molar-refractivity contribution >= 4 is 81.1 Å². The summed E-state index contributed by atoms with van der Waals surface area (Å²) in [4.78, 5) is 50.2. The molecule has 0 unspecified atom stereocenters. The molecule has 0 spiro atoms. The zero-order chi connectivity index (χ0) is 33.0. The maximum Gasteiger partial charge on any atom is 0.335 e. The third kappa shape index (κ3) is 7.41. The fourth-order valence-electron chi connectivity index (χ4n) is 4.38. The summed E-state index contributed by atoms with van der Waals surface area (Å²) in [6.07, 6.45) is 1.36. The summed E-state index contributed by atoms with van der Waals surface area (Å²) in [6.45, 7) is 0.282.